The van der Waals surface area contributed by atoms with E-state index in [-0.39, 0.29) is 12.4 Å². The van der Waals surface area contributed by atoms with Crippen molar-refractivity contribution in [3.63, 3.8) is 0 Å². The van der Waals surface area contributed by atoms with Crippen LogP contribution in [0, 0.1) is 0 Å². The zero-order valence-electron chi connectivity index (χ0n) is 9.84. The van der Waals surface area contributed by atoms with Crippen LogP contribution in [0.3, 0.4) is 0 Å². The van der Waals surface area contributed by atoms with Crippen LogP contribution in [0.1, 0.15) is 12.0 Å². The lowest BCUT2D eigenvalue weighted by Crippen LogP contribution is -2.51. The first kappa shape index (κ1) is 13.8. The van der Waals surface area contributed by atoms with Gasteiger partial charge < -0.3 is 9.84 Å². The van der Waals surface area contributed by atoms with Gasteiger partial charge in [0, 0.05) is 12.0 Å². The van der Waals surface area contributed by atoms with E-state index < -0.39 is 11.5 Å². The van der Waals surface area contributed by atoms with E-state index in [1.807, 2.05) is 24.3 Å². The van der Waals surface area contributed by atoms with Gasteiger partial charge in [0.05, 0.1) is 6.61 Å². The molecule has 1 heterocycles. The summed E-state index contributed by atoms with van der Waals surface area (Å²) >= 11 is 0. The molecule has 0 amide bonds. The van der Waals surface area contributed by atoms with Crippen LogP contribution in [-0.4, -0.2) is 36.7 Å². The van der Waals surface area contributed by atoms with Gasteiger partial charge in [0.1, 0.15) is 5.75 Å². The molecule has 5 heteroatoms. The Morgan fingerprint density at radius 3 is 2.65 bits per heavy atom. The molecule has 94 valence electrons. The van der Waals surface area contributed by atoms with Crippen molar-refractivity contribution in [3.8, 4) is 5.75 Å². The lowest BCUT2D eigenvalue weighted by molar-refractivity contribution is -0.152. The van der Waals surface area contributed by atoms with Crippen molar-refractivity contribution in [3.05, 3.63) is 29.8 Å². The van der Waals surface area contributed by atoms with Gasteiger partial charge in [0.15, 0.2) is 5.54 Å². The van der Waals surface area contributed by atoms with E-state index >= 15 is 0 Å². The molecule has 0 radical (unpaired) electrons. The first-order valence-electron chi connectivity index (χ1n) is 5.22. The van der Waals surface area contributed by atoms with Gasteiger partial charge in [-0.15, -0.1) is 12.4 Å². The van der Waals surface area contributed by atoms with Crippen LogP contribution >= 0.6 is 12.4 Å². The van der Waals surface area contributed by atoms with Gasteiger partial charge in [-0.05, 0) is 20.2 Å². The number of carboxylic acids is 1. The van der Waals surface area contributed by atoms with E-state index in [2.05, 4.69) is 0 Å². The smallest absolute Gasteiger partial charge is 0.329 e. The van der Waals surface area contributed by atoms with Gasteiger partial charge >= 0.3 is 5.97 Å². The molecule has 1 N–H and O–H groups in total. The third-order valence-electron chi connectivity index (χ3n) is 3.17. The zero-order chi connectivity index (χ0) is 11.8. The quantitative estimate of drug-likeness (QED) is 0.877. The van der Waals surface area contributed by atoms with Crippen molar-refractivity contribution >= 4 is 18.4 Å². The first-order chi connectivity index (χ1) is 7.59. The van der Waals surface area contributed by atoms with Gasteiger partial charge in [0.2, 0.25) is 0 Å². The van der Waals surface area contributed by atoms with Crippen molar-refractivity contribution in [2.24, 2.45) is 0 Å². The van der Waals surface area contributed by atoms with Crippen LogP contribution in [0.5, 0.6) is 5.75 Å². The van der Waals surface area contributed by atoms with E-state index in [0.29, 0.717) is 18.8 Å². The summed E-state index contributed by atoms with van der Waals surface area (Å²) in [6.45, 7) is 0.432. The Balaban J connectivity index is 0.00000144. The number of nitrogens with zero attached hydrogens (tertiary/aromatic N) is 1. The molecule has 0 bridgehead atoms. The molecule has 1 aromatic rings. The second-order valence-corrected chi connectivity index (χ2v) is 4.15. The van der Waals surface area contributed by atoms with Crippen LogP contribution in [-0.2, 0) is 10.3 Å². The second kappa shape index (κ2) is 4.94. The van der Waals surface area contributed by atoms with E-state index in [1.165, 1.54) is 0 Å². The summed E-state index contributed by atoms with van der Waals surface area (Å²) in [5.41, 5.74) is -0.228. The van der Waals surface area contributed by atoms with Crippen molar-refractivity contribution in [2.45, 2.75) is 12.0 Å². The third kappa shape index (κ3) is 1.98. The highest BCUT2D eigenvalue weighted by molar-refractivity contribution is 5.85. The Morgan fingerprint density at radius 1 is 1.41 bits per heavy atom. The standard InChI is InChI=1S/C12H15NO3.ClH/c1-13(2)12(11(14)15)7-8-16-10-6-4-3-5-9(10)12;/h3-6H,7-8H2,1-2H3,(H,14,15);1H. The highest BCUT2D eigenvalue weighted by atomic mass is 35.5. The predicted molar refractivity (Wildman–Crippen MR) is 66.8 cm³/mol. The molecule has 4 nitrogen and oxygen atoms in total. The summed E-state index contributed by atoms with van der Waals surface area (Å²) in [6, 6.07) is 7.33. The fourth-order valence-electron chi connectivity index (χ4n) is 2.26. The Bertz CT molecular complexity index is 422. The molecule has 2 rings (SSSR count). The fraction of sp³-hybridized carbons (Fsp3) is 0.417. The van der Waals surface area contributed by atoms with Gasteiger partial charge in [0.25, 0.3) is 0 Å². The number of benzene rings is 1. The fourth-order valence-corrected chi connectivity index (χ4v) is 2.26. The Morgan fingerprint density at radius 2 is 2.06 bits per heavy atom. The molecule has 1 unspecified atom stereocenters. The van der Waals surface area contributed by atoms with Gasteiger partial charge in [-0.1, -0.05) is 18.2 Å². The largest absolute Gasteiger partial charge is 0.493 e. The van der Waals surface area contributed by atoms with Crippen LogP contribution in [0.2, 0.25) is 0 Å². The van der Waals surface area contributed by atoms with E-state index in [4.69, 9.17) is 4.74 Å². The molecule has 1 atom stereocenters. The number of hydrogen-bond acceptors (Lipinski definition) is 3. The number of ether oxygens (including phenoxy) is 1. The van der Waals surface area contributed by atoms with Crippen LogP contribution in [0.4, 0.5) is 0 Å². The number of likely N-dealkylation sites (N-methyl/N-ethyl adjacent to an activating group) is 1. The van der Waals surface area contributed by atoms with Crippen molar-refractivity contribution < 1.29 is 14.6 Å². The Kier molecular flexibility index (Phi) is 4.01. The summed E-state index contributed by atoms with van der Waals surface area (Å²) in [4.78, 5) is 13.3. The Labute approximate surface area is 107 Å². The minimum absolute atomic E-state index is 0. The number of para-hydroxylation sites is 1. The van der Waals surface area contributed by atoms with Crippen LogP contribution in [0.25, 0.3) is 0 Å². The molecule has 0 aromatic heterocycles. The molecule has 17 heavy (non-hydrogen) atoms. The molecule has 1 aromatic carbocycles. The number of hydrogen-bond donors (Lipinski definition) is 1. The summed E-state index contributed by atoms with van der Waals surface area (Å²) in [7, 11) is 3.58. The third-order valence-corrected chi connectivity index (χ3v) is 3.17. The SMILES string of the molecule is CN(C)C1(C(=O)O)CCOc2ccccc21.Cl. The molecule has 0 spiro atoms. The molecule has 1 aliphatic rings. The first-order valence-corrected chi connectivity index (χ1v) is 5.22. The summed E-state index contributed by atoms with van der Waals surface area (Å²) < 4.78 is 5.49. The number of carboxylic acid groups (broad SMARTS) is 1. The zero-order valence-corrected chi connectivity index (χ0v) is 10.7. The molecule has 1 aliphatic heterocycles. The number of halogens is 1. The van der Waals surface area contributed by atoms with Crippen LogP contribution in [0.15, 0.2) is 24.3 Å². The summed E-state index contributed by atoms with van der Waals surface area (Å²) in [5.74, 6) is -0.155. The van der Waals surface area contributed by atoms with Gasteiger partial charge in [-0.2, -0.15) is 0 Å². The summed E-state index contributed by atoms with van der Waals surface area (Å²) in [6.07, 6.45) is 0.465. The summed E-state index contributed by atoms with van der Waals surface area (Å²) in [5, 5.41) is 9.51. The molecular weight excluding hydrogens is 242 g/mol. The molecule has 0 fully saturated rings. The minimum atomic E-state index is -0.963. The normalized spacial score (nSPS) is 22.3. The number of rotatable bonds is 2. The molecule has 0 saturated heterocycles. The lowest BCUT2D eigenvalue weighted by Gasteiger charge is -2.40. The second-order valence-electron chi connectivity index (χ2n) is 4.15. The lowest BCUT2D eigenvalue weighted by atomic mass is 9.83. The van der Waals surface area contributed by atoms with E-state index in [0.717, 1.165) is 5.56 Å². The molecule has 0 saturated carbocycles. The van der Waals surface area contributed by atoms with Crippen molar-refractivity contribution in [2.75, 3.05) is 20.7 Å². The maximum atomic E-state index is 11.6. The van der Waals surface area contributed by atoms with Gasteiger partial charge in [-0.3, -0.25) is 4.90 Å². The molecular formula is C12H16ClNO3. The molecule has 0 aliphatic carbocycles. The average molecular weight is 258 g/mol. The van der Waals surface area contributed by atoms with Crippen molar-refractivity contribution in [1.82, 2.24) is 4.90 Å². The highest BCUT2D eigenvalue weighted by Gasteiger charge is 2.46. The van der Waals surface area contributed by atoms with Crippen LogP contribution < -0.4 is 4.74 Å². The van der Waals surface area contributed by atoms with E-state index in [1.54, 1.807) is 19.0 Å². The topological polar surface area (TPSA) is 49.8 Å². The number of aliphatic carboxylic acids is 1. The maximum absolute atomic E-state index is 11.6. The number of carbonyl (C=O) groups is 1. The number of fused-ring (bicyclic) bond motifs is 1. The minimum Gasteiger partial charge on any atom is -0.493 e. The van der Waals surface area contributed by atoms with Crippen molar-refractivity contribution in [1.29, 1.82) is 0 Å². The average Bonchev–Trinajstić information content (AvgIpc) is 2.27. The van der Waals surface area contributed by atoms with Gasteiger partial charge in [-0.25, -0.2) is 4.79 Å². The highest BCUT2D eigenvalue weighted by Crippen LogP contribution is 2.40. The predicted octanol–water partition coefficient (Wildman–Crippen LogP) is 1.73. The maximum Gasteiger partial charge on any atom is 0.329 e. The Hall–Kier alpha value is -1.26. The monoisotopic (exact) mass is 257 g/mol. The van der Waals surface area contributed by atoms with E-state index in [9.17, 15) is 9.90 Å².